The summed E-state index contributed by atoms with van der Waals surface area (Å²) >= 11 is 1.80. The zero-order valence-corrected chi connectivity index (χ0v) is 9.06. The molecule has 3 heteroatoms. The fourth-order valence-electron chi connectivity index (χ4n) is 1.17. The Balaban J connectivity index is 2.15. The maximum absolute atomic E-state index is 4.98. The van der Waals surface area contributed by atoms with Crippen LogP contribution in [0.2, 0.25) is 0 Å². The highest BCUT2D eigenvalue weighted by molar-refractivity contribution is 7.10. The van der Waals surface area contributed by atoms with E-state index in [1.165, 1.54) is 4.88 Å². The van der Waals surface area contributed by atoms with Crippen LogP contribution in [-0.4, -0.2) is 20.3 Å². The van der Waals surface area contributed by atoms with E-state index in [9.17, 15) is 0 Å². The quantitative estimate of drug-likeness (QED) is 0.710. The third-order valence-corrected chi connectivity index (χ3v) is 3.00. The Bertz CT molecular complexity index is 211. The Morgan fingerprint density at radius 3 is 3.08 bits per heavy atom. The van der Waals surface area contributed by atoms with Gasteiger partial charge in [0, 0.05) is 24.6 Å². The molecule has 1 N–H and O–H groups in total. The third kappa shape index (κ3) is 3.89. The van der Waals surface area contributed by atoms with E-state index in [1.54, 1.807) is 18.4 Å². The molecule has 0 unspecified atom stereocenters. The molecule has 1 rings (SSSR count). The normalized spacial score (nSPS) is 13.1. The lowest BCUT2D eigenvalue weighted by molar-refractivity contribution is 0.193. The number of ether oxygens (including phenoxy) is 1. The van der Waals surface area contributed by atoms with Crippen molar-refractivity contribution in [3.63, 3.8) is 0 Å². The Morgan fingerprint density at radius 2 is 2.46 bits per heavy atom. The van der Waals surface area contributed by atoms with E-state index in [1.807, 2.05) is 0 Å². The van der Waals surface area contributed by atoms with E-state index in [0.717, 1.165) is 19.6 Å². The van der Waals surface area contributed by atoms with E-state index in [0.29, 0.717) is 6.04 Å². The highest BCUT2D eigenvalue weighted by atomic mass is 32.1. The van der Waals surface area contributed by atoms with Crippen molar-refractivity contribution >= 4 is 11.3 Å². The van der Waals surface area contributed by atoms with Crippen molar-refractivity contribution in [2.45, 2.75) is 19.4 Å². The van der Waals surface area contributed by atoms with Gasteiger partial charge in [0.25, 0.3) is 0 Å². The van der Waals surface area contributed by atoms with Crippen molar-refractivity contribution in [1.29, 1.82) is 0 Å². The summed E-state index contributed by atoms with van der Waals surface area (Å²) in [4.78, 5) is 1.40. The SMILES string of the molecule is COCCCN[C@@H](C)c1cccs1. The van der Waals surface area contributed by atoms with Gasteiger partial charge in [-0.1, -0.05) is 6.07 Å². The van der Waals surface area contributed by atoms with E-state index in [-0.39, 0.29) is 0 Å². The molecule has 0 radical (unpaired) electrons. The summed E-state index contributed by atoms with van der Waals surface area (Å²) in [6.07, 6.45) is 1.08. The van der Waals surface area contributed by atoms with Gasteiger partial charge in [-0.05, 0) is 31.3 Å². The van der Waals surface area contributed by atoms with Crippen LogP contribution >= 0.6 is 11.3 Å². The summed E-state index contributed by atoms with van der Waals surface area (Å²) in [5.41, 5.74) is 0. The molecule has 0 spiro atoms. The zero-order valence-electron chi connectivity index (χ0n) is 8.25. The maximum atomic E-state index is 4.98. The Morgan fingerprint density at radius 1 is 1.62 bits per heavy atom. The first-order chi connectivity index (χ1) is 6.34. The topological polar surface area (TPSA) is 21.3 Å². The highest BCUT2D eigenvalue weighted by Crippen LogP contribution is 2.17. The van der Waals surface area contributed by atoms with Crippen LogP contribution in [0.1, 0.15) is 24.3 Å². The van der Waals surface area contributed by atoms with Gasteiger partial charge in [0.05, 0.1) is 0 Å². The summed E-state index contributed by atoms with van der Waals surface area (Å²) in [5, 5.41) is 5.56. The molecule has 2 nitrogen and oxygen atoms in total. The van der Waals surface area contributed by atoms with Crippen LogP contribution in [0.3, 0.4) is 0 Å². The van der Waals surface area contributed by atoms with Crippen LogP contribution in [0.25, 0.3) is 0 Å². The average molecular weight is 199 g/mol. The second-order valence-electron chi connectivity index (χ2n) is 3.04. The Labute approximate surface area is 83.9 Å². The van der Waals surface area contributed by atoms with Crippen LogP contribution in [0.15, 0.2) is 17.5 Å². The lowest BCUT2D eigenvalue weighted by atomic mass is 10.2. The molecular formula is C10H17NOS. The molecule has 0 saturated carbocycles. The molecule has 74 valence electrons. The molecule has 0 aliphatic rings. The van der Waals surface area contributed by atoms with Gasteiger partial charge in [-0.15, -0.1) is 11.3 Å². The van der Waals surface area contributed by atoms with Crippen molar-refractivity contribution < 1.29 is 4.74 Å². The van der Waals surface area contributed by atoms with Crippen LogP contribution in [0.4, 0.5) is 0 Å². The second kappa shape index (κ2) is 6.13. The molecular weight excluding hydrogens is 182 g/mol. The smallest absolute Gasteiger partial charge is 0.0474 e. The van der Waals surface area contributed by atoms with E-state index >= 15 is 0 Å². The molecule has 1 atom stereocenters. The fourth-order valence-corrected chi connectivity index (χ4v) is 1.93. The Kier molecular flexibility index (Phi) is 5.05. The highest BCUT2D eigenvalue weighted by Gasteiger charge is 2.03. The summed E-state index contributed by atoms with van der Waals surface area (Å²) in [7, 11) is 1.74. The van der Waals surface area contributed by atoms with Gasteiger partial charge in [0.1, 0.15) is 0 Å². The van der Waals surface area contributed by atoms with E-state index < -0.39 is 0 Å². The number of hydrogen-bond acceptors (Lipinski definition) is 3. The van der Waals surface area contributed by atoms with Gasteiger partial charge in [-0.2, -0.15) is 0 Å². The van der Waals surface area contributed by atoms with Gasteiger partial charge in [0.2, 0.25) is 0 Å². The number of methoxy groups -OCH3 is 1. The van der Waals surface area contributed by atoms with Gasteiger partial charge < -0.3 is 10.1 Å². The first-order valence-electron chi connectivity index (χ1n) is 4.60. The van der Waals surface area contributed by atoms with Crippen molar-refractivity contribution in [3.05, 3.63) is 22.4 Å². The van der Waals surface area contributed by atoms with Crippen molar-refractivity contribution in [1.82, 2.24) is 5.32 Å². The third-order valence-electron chi connectivity index (χ3n) is 1.95. The number of thiophene rings is 1. The van der Waals surface area contributed by atoms with Crippen LogP contribution in [0, 0.1) is 0 Å². The van der Waals surface area contributed by atoms with Crippen LogP contribution in [-0.2, 0) is 4.74 Å². The lowest BCUT2D eigenvalue weighted by Gasteiger charge is -2.11. The Hall–Kier alpha value is -0.380. The summed E-state index contributed by atoms with van der Waals surface area (Å²) < 4.78 is 4.98. The van der Waals surface area contributed by atoms with Gasteiger partial charge in [0.15, 0.2) is 0 Å². The number of nitrogens with one attached hydrogen (secondary N) is 1. The lowest BCUT2D eigenvalue weighted by Crippen LogP contribution is -2.19. The van der Waals surface area contributed by atoms with Crippen molar-refractivity contribution in [2.75, 3.05) is 20.3 Å². The first-order valence-corrected chi connectivity index (χ1v) is 5.48. The molecule has 13 heavy (non-hydrogen) atoms. The summed E-state index contributed by atoms with van der Waals surface area (Å²) in [6.45, 7) is 4.05. The zero-order chi connectivity index (χ0) is 9.52. The minimum atomic E-state index is 0.469. The molecule has 0 aliphatic heterocycles. The molecule has 1 aromatic heterocycles. The van der Waals surface area contributed by atoms with Crippen LogP contribution in [0.5, 0.6) is 0 Å². The molecule has 1 heterocycles. The molecule has 0 aliphatic carbocycles. The minimum absolute atomic E-state index is 0.469. The fraction of sp³-hybridized carbons (Fsp3) is 0.600. The van der Waals surface area contributed by atoms with Crippen molar-refractivity contribution in [2.24, 2.45) is 0 Å². The van der Waals surface area contributed by atoms with E-state index in [4.69, 9.17) is 4.74 Å². The average Bonchev–Trinajstić information content (AvgIpc) is 2.65. The number of rotatable bonds is 6. The molecule has 0 bridgehead atoms. The molecule has 0 amide bonds. The molecule has 0 saturated heterocycles. The summed E-state index contributed by atoms with van der Waals surface area (Å²) in [5.74, 6) is 0. The molecule has 1 aromatic rings. The summed E-state index contributed by atoms with van der Waals surface area (Å²) in [6, 6.07) is 4.73. The molecule has 0 fully saturated rings. The van der Waals surface area contributed by atoms with Gasteiger partial charge >= 0.3 is 0 Å². The monoisotopic (exact) mass is 199 g/mol. The molecule has 0 aromatic carbocycles. The van der Waals surface area contributed by atoms with Gasteiger partial charge in [-0.3, -0.25) is 0 Å². The van der Waals surface area contributed by atoms with Gasteiger partial charge in [-0.25, -0.2) is 0 Å². The minimum Gasteiger partial charge on any atom is -0.385 e. The largest absolute Gasteiger partial charge is 0.385 e. The number of hydrogen-bond donors (Lipinski definition) is 1. The predicted octanol–water partition coefficient (Wildman–Crippen LogP) is 2.44. The first kappa shape index (κ1) is 10.7. The maximum Gasteiger partial charge on any atom is 0.0474 e. The van der Waals surface area contributed by atoms with Crippen molar-refractivity contribution in [3.8, 4) is 0 Å². The van der Waals surface area contributed by atoms with Crippen LogP contribution < -0.4 is 5.32 Å². The standard InChI is InChI=1S/C10H17NOS/c1-9(10-5-3-8-13-10)11-6-4-7-12-2/h3,5,8-9,11H,4,6-7H2,1-2H3/t9-/m0/s1. The second-order valence-corrected chi connectivity index (χ2v) is 4.02. The van der Waals surface area contributed by atoms with E-state index in [2.05, 4.69) is 29.8 Å². The predicted molar refractivity (Wildman–Crippen MR) is 57.2 cm³/mol.